The second-order valence-electron chi connectivity index (χ2n) is 9.14. The van der Waals surface area contributed by atoms with Crippen LogP contribution < -0.4 is 0 Å². The van der Waals surface area contributed by atoms with Crippen LogP contribution in [0.2, 0.25) is 0 Å². The van der Waals surface area contributed by atoms with Gasteiger partial charge in [0.05, 0.1) is 22.2 Å². The van der Waals surface area contributed by atoms with Crippen molar-refractivity contribution in [1.29, 1.82) is 0 Å². The summed E-state index contributed by atoms with van der Waals surface area (Å²) < 4.78 is 10.9. The number of halogens is 1. The Balaban J connectivity index is 1.41. The minimum absolute atomic E-state index is 0.0158. The van der Waals surface area contributed by atoms with Gasteiger partial charge in [-0.2, -0.15) is 5.10 Å². The van der Waals surface area contributed by atoms with E-state index < -0.39 is 0 Å². The van der Waals surface area contributed by atoms with E-state index in [1.165, 1.54) is 19.3 Å². The van der Waals surface area contributed by atoms with Crippen LogP contribution in [0.5, 0.6) is 0 Å². The molecule has 9 heteroatoms. The maximum Gasteiger partial charge on any atom is 0.251 e. The zero-order valence-electron chi connectivity index (χ0n) is 16.0. The van der Waals surface area contributed by atoms with Crippen molar-refractivity contribution in [1.82, 2.24) is 34.7 Å². The lowest BCUT2D eigenvalue weighted by molar-refractivity contribution is -0.0773. The van der Waals surface area contributed by atoms with Gasteiger partial charge in [0.2, 0.25) is 10.6 Å². The highest BCUT2D eigenvalue weighted by molar-refractivity contribution is 9.10. The van der Waals surface area contributed by atoms with E-state index in [9.17, 15) is 0 Å². The van der Waals surface area contributed by atoms with Gasteiger partial charge in [0.1, 0.15) is 6.33 Å². The van der Waals surface area contributed by atoms with Crippen LogP contribution in [-0.2, 0) is 18.0 Å². The molecule has 2 unspecified atom stereocenters. The lowest BCUT2D eigenvalue weighted by Crippen LogP contribution is -2.58. The van der Waals surface area contributed by atoms with Gasteiger partial charge >= 0.3 is 0 Å². The Labute approximate surface area is 170 Å². The first kappa shape index (κ1) is 16.9. The van der Waals surface area contributed by atoms with Crippen LogP contribution in [-0.4, -0.2) is 34.7 Å². The van der Waals surface area contributed by atoms with Gasteiger partial charge in [-0.25, -0.2) is 9.67 Å². The van der Waals surface area contributed by atoms with E-state index in [1.54, 1.807) is 4.68 Å². The Bertz CT molecular complexity index is 1050. The Morgan fingerprint density at radius 2 is 1.93 bits per heavy atom. The molecule has 0 aromatic carbocycles. The van der Waals surface area contributed by atoms with Crippen LogP contribution in [0.25, 0.3) is 11.5 Å². The lowest BCUT2D eigenvalue weighted by Gasteiger charge is -2.60. The number of aryl methyl sites for hydroxylation is 2. The summed E-state index contributed by atoms with van der Waals surface area (Å²) in [6.07, 6.45) is 10.7. The number of nitrogens with zero attached hydrogens (tertiary/aromatic N) is 7. The van der Waals surface area contributed by atoms with Gasteiger partial charge in [-0.05, 0) is 73.2 Å². The largest absolute Gasteiger partial charge is 0.420 e. The molecule has 4 fully saturated rings. The van der Waals surface area contributed by atoms with Crippen LogP contribution in [0, 0.1) is 18.8 Å². The number of hydrogen-bond acceptors (Lipinski definition) is 6. The molecule has 0 N–H and O–H groups in total. The fourth-order valence-electron chi connectivity index (χ4n) is 6.56. The molecular weight excluding hydrogens is 422 g/mol. The van der Waals surface area contributed by atoms with E-state index in [0.29, 0.717) is 22.5 Å². The predicted molar refractivity (Wildman–Crippen MR) is 103 cm³/mol. The summed E-state index contributed by atoms with van der Waals surface area (Å²) in [6, 6.07) is 0. The van der Waals surface area contributed by atoms with Crippen LogP contribution in [0.15, 0.2) is 21.7 Å². The zero-order valence-corrected chi connectivity index (χ0v) is 17.6. The molecule has 4 saturated carbocycles. The van der Waals surface area contributed by atoms with E-state index >= 15 is 0 Å². The van der Waals surface area contributed by atoms with Crippen LogP contribution in [0.3, 0.4) is 0 Å². The highest BCUT2D eigenvalue weighted by Crippen LogP contribution is 2.64. The van der Waals surface area contributed by atoms with Gasteiger partial charge < -0.3 is 4.42 Å². The zero-order chi connectivity index (χ0) is 19.1. The first-order valence-electron chi connectivity index (χ1n) is 9.87. The molecule has 7 rings (SSSR count). The topological polar surface area (TPSA) is 87.5 Å². The maximum atomic E-state index is 6.30. The quantitative estimate of drug-likeness (QED) is 0.616. The molecule has 0 aliphatic heterocycles. The number of rotatable bonds is 3. The fourth-order valence-corrected chi connectivity index (χ4v) is 6.82. The third-order valence-electron chi connectivity index (χ3n) is 7.10. The third-order valence-corrected chi connectivity index (χ3v) is 7.47. The molecular formula is C19H22BrN7O. The van der Waals surface area contributed by atoms with Crippen molar-refractivity contribution < 1.29 is 4.42 Å². The molecule has 0 spiro atoms. The summed E-state index contributed by atoms with van der Waals surface area (Å²) in [5.41, 5.74) is 1.79. The van der Waals surface area contributed by atoms with Gasteiger partial charge in [0, 0.05) is 13.2 Å². The SMILES string of the molecule is Cc1nn(C)cc1-c1nnc(C23CC4CC(C2)CC(n2cnc(Br)n2)(C4)C3)o1. The summed E-state index contributed by atoms with van der Waals surface area (Å²) in [5, 5.41) is 18.0. The first-order valence-corrected chi connectivity index (χ1v) is 10.7. The van der Waals surface area contributed by atoms with Gasteiger partial charge in [0.15, 0.2) is 0 Å². The molecule has 4 bridgehead atoms. The van der Waals surface area contributed by atoms with Crippen LogP contribution >= 0.6 is 15.9 Å². The summed E-state index contributed by atoms with van der Waals surface area (Å²) >= 11 is 3.42. The molecule has 0 radical (unpaired) electrons. The average Bonchev–Trinajstić information content (AvgIpc) is 3.34. The first-order chi connectivity index (χ1) is 13.4. The van der Waals surface area contributed by atoms with Crippen LogP contribution in [0.1, 0.15) is 50.1 Å². The van der Waals surface area contributed by atoms with E-state index in [2.05, 4.69) is 46.0 Å². The third kappa shape index (κ3) is 2.31. The van der Waals surface area contributed by atoms with Gasteiger partial charge in [0.25, 0.3) is 5.89 Å². The highest BCUT2D eigenvalue weighted by atomic mass is 79.9. The van der Waals surface area contributed by atoms with Gasteiger partial charge in [-0.15, -0.1) is 15.3 Å². The van der Waals surface area contributed by atoms with Crippen molar-refractivity contribution in [3.8, 4) is 11.5 Å². The minimum Gasteiger partial charge on any atom is -0.420 e. The van der Waals surface area contributed by atoms with Gasteiger partial charge in [-0.3, -0.25) is 4.68 Å². The van der Waals surface area contributed by atoms with E-state index in [-0.39, 0.29) is 11.0 Å². The maximum absolute atomic E-state index is 6.30. The van der Waals surface area contributed by atoms with Crippen molar-refractivity contribution in [2.24, 2.45) is 18.9 Å². The Kier molecular flexibility index (Phi) is 3.33. The number of aromatic nitrogens is 7. The molecule has 4 aliphatic carbocycles. The van der Waals surface area contributed by atoms with Gasteiger partial charge in [-0.1, -0.05) is 0 Å². The Morgan fingerprint density at radius 3 is 2.57 bits per heavy atom. The molecule has 28 heavy (non-hydrogen) atoms. The van der Waals surface area contributed by atoms with Crippen molar-refractivity contribution in [3.05, 3.63) is 28.8 Å². The highest BCUT2D eigenvalue weighted by Gasteiger charge is 2.61. The minimum atomic E-state index is -0.0517. The molecule has 2 atom stereocenters. The molecule has 0 amide bonds. The molecule has 3 heterocycles. The molecule has 4 aliphatic rings. The Morgan fingerprint density at radius 1 is 1.14 bits per heavy atom. The molecule has 0 saturated heterocycles. The number of hydrogen-bond donors (Lipinski definition) is 0. The van der Waals surface area contributed by atoms with Crippen molar-refractivity contribution in [3.63, 3.8) is 0 Å². The molecule has 3 aromatic rings. The summed E-state index contributed by atoms with van der Waals surface area (Å²) in [7, 11) is 1.91. The molecule has 3 aromatic heterocycles. The second-order valence-corrected chi connectivity index (χ2v) is 9.85. The molecule has 146 valence electrons. The van der Waals surface area contributed by atoms with Crippen molar-refractivity contribution in [2.75, 3.05) is 0 Å². The Hall–Kier alpha value is -2.03. The van der Waals surface area contributed by atoms with E-state index in [1.807, 2.05) is 26.5 Å². The standard InChI is InChI=1S/C19H22BrN7O/c1-11-14(8-26(2)24-11)15-22-23-16(28-15)18-4-12-3-13(5-18)7-19(6-12,9-18)27-10-21-17(20)25-27/h8,10,12-13H,3-7,9H2,1-2H3. The normalized spacial score (nSPS) is 33.7. The lowest BCUT2D eigenvalue weighted by atomic mass is 9.47. The smallest absolute Gasteiger partial charge is 0.251 e. The fraction of sp³-hybridized carbons (Fsp3) is 0.632. The van der Waals surface area contributed by atoms with E-state index in [0.717, 1.165) is 36.4 Å². The van der Waals surface area contributed by atoms with E-state index in [4.69, 9.17) is 4.42 Å². The summed E-state index contributed by atoms with van der Waals surface area (Å²) in [6.45, 7) is 1.97. The average molecular weight is 444 g/mol. The second kappa shape index (κ2) is 5.52. The summed E-state index contributed by atoms with van der Waals surface area (Å²) in [4.78, 5) is 4.33. The van der Waals surface area contributed by atoms with Crippen molar-refractivity contribution >= 4 is 15.9 Å². The van der Waals surface area contributed by atoms with Crippen molar-refractivity contribution in [2.45, 2.75) is 56.4 Å². The summed E-state index contributed by atoms with van der Waals surface area (Å²) in [5.74, 6) is 2.73. The van der Waals surface area contributed by atoms with Crippen LogP contribution in [0.4, 0.5) is 0 Å². The monoisotopic (exact) mass is 443 g/mol. The predicted octanol–water partition coefficient (Wildman–Crippen LogP) is 3.38. The molecule has 8 nitrogen and oxygen atoms in total.